The maximum Gasteiger partial charge on any atom is 0.475 e. The van der Waals surface area contributed by atoms with Gasteiger partial charge in [-0.2, -0.15) is 13.2 Å². The molecule has 6 heteroatoms. The first-order valence-electron chi connectivity index (χ1n) is 3.67. The van der Waals surface area contributed by atoms with E-state index in [9.17, 15) is 17.4 Å². The first kappa shape index (κ1) is 11.0. The van der Waals surface area contributed by atoms with Crippen LogP contribution in [0.2, 0.25) is 0 Å². The fourth-order valence-electron chi connectivity index (χ4n) is 1.01. The number of halogens is 3. The molecule has 2 N–H and O–H groups in total. The van der Waals surface area contributed by atoms with Gasteiger partial charge in [0.05, 0.1) is 4.90 Å². The molecule has 14 heavy (non-hydrogen) atoms. The van der Waals surface area contributed by atoms with Crippen molar-refractivity contribution in [2.24, 2.45) is 0 Å². The van der Waals surface area contributed by atoms with Gasteiger partial charge in [-0.3, -0.25) is 0 Å². The lowest BCUT2D eigenvalue weighted by molar-refractivity contribution is -0.0384. The summed E-state index contributed by atoms with van der Waals surface area (Å²) in [4.78, 5) is -0.244. The van der Waals surface area contributed by atoms with E-state index in [0.29, 0.717) is 5.69 Å². The summed E-state index contributed by atoms with van der Waals surface area (Å²) in [5.74, 6) is 0. The van der Waals surface area contributed by atoms with Crippen LogP contribution < -0.4 is 5.73 Å². The normalized spacial score (nSPS) is 14.0. The summed E-state index contributed by atoms with van der Waals surface area (Å²) in [7, 11) is -2.98. The number of hydrogen-bond donors (Lipinski definition) is 1. The van der Waals surface area contributed by atoms with Crippen molar-refractivity contribution in [1.29, 1.82) is 0 Å². The highest BCUT2D eigenvalue weighted by Gasteiger charge is 2.38. The molecule has 0 spiro atoms. The van der Waals surface area contributed by atoms with Crippen molar-refractivity contribution in [1.82, 2.24) is 0 Å². The van der Waals surface area contributed by atoms with Crippen LogP contribution >= 0.6 is 0 Å². The predicted octanol–water partition coefficient (Wildman–Crippen LogP) is 2.20. The molecule has 78 valence electrons. The summed E-state index contributed by atoms with van der Waals surface area (Å²) >= 11 is 0. The average Bonchev–Trinajstić information content (AvgIpc) is 2.01. The second-order valence-corrected chi connectivity index (χ2v) is 4.18. The van der Waals surface area contributed by atoms with Crippen LogP contribution in [0.25, 0.3) is 0 Å². The van der Waals surface area contributed by atoms with Crippen molar-refractivity contribution >= 4 is 16.5 Å². The first-order valence-corrected chi connectivity index (χ1v) is 4.82. The minimum absolute atomic E-state index is 0.244. The van der Waals surface area contributed by atoms with E-state index in [1.165, 1.54) is 19.1 Å². The van der Waals surface area contributed by atoms with Gasteiger partial charge in [0.15, 0.2) is 10.8 Å². The summed E-state index contributed by atoms with van der Waals surface area (Å²) in [5.41, 5.74) is 1.27. The lowest BCUT2D eigenvalue weighted by atomic mass is 10.2. The van der Waals surface area contributed by atoms with Crippen LogP contribution in [0.4, 0.5) is 18.9 Å². The number of nitrogens with two attached hydrogens (primary N) is 1. The maximum atomic E-state index is 12.1. The van der Waals surface area contributed by atoms with E-state index in [-0.39, 0.29) is 10.5 Å². The second kappa shape index (κ2) is 3.61. The molecule has 0 saturated heterocycles. The van der Waals surface area contributed by atoms with E-state index >= 15 is 0 Å². The van der Waals surface area contributed by atoms with Crippen LogP contribution in [-0.4, -0.2) is 9.72 Å². The van der Waals surface area contributed by atoms with Crippen LogP contribution in [0.3, 0.4) is 0 Å². The molecule has 1 aromatic rings. The molecule has 0 heterocycles. The van der Waals surface area contributed by atoms with E-state index in [2.05, 4.69) is 0 Å². The number of alkyl halides is 3. The predicted molar refractivity (Wildman–Crippen MR) is 48.1 cm³/mol. The highest BCUT2D eigenvalue weighted by atomic mass is 32.2. The minimum Gasteiger partial charge on any atom is -0.399 e. The topological polar surface area (TPSA) is 43.1 Å². The first-order chi connectivity index (χ1) is 6.32. The Kier molecular flexibility index (Phi) is 2.84. The van der Waals surface area contributed by atoms with E-state index in [4.69, 9.17) is 5.73 Å². The van der Waals surface area contributed by atoms with Crippen molar-refractivity contribution in [2.75, 3.05) is 5.73 Å². The van der Waals surface area contributed by atoms with Gasteiger partial charge in [0.2, 0.25) is 0 Å². The third kappa shape index (κ3) is 2.25. The van der Waals surface area contributed by atoms with Gasteiger partial charge < -0.3 is 5.73 Å². The molecule has 0 aliphatic carbocycles. The fourth-order valence-corrected chi connectivity index (χ4v) is 1.80. The van der Waals surface area contributed by atoms with Crippen LogP contribution in [0.5, 0.6) is 0 Å². The Hall–Kier alpha value is -1.04. The number of aryl methyl sites for hydroxylation is 1. The lowest BCUT2D eigenvalue weighted by Gasteiger charge is -2.08. The molecule has 0 radical (unpaired) electrons. The highest BCUT2D eigenvalue weighted by molar-refractivity contribution is 7.86. The van der Waals surface area contributed by atoms with Gasteiger partial charge in [-0.05, 0) is 30.7 Å². The quantitative estimate of drug-likeness (QED) is 0.742. The Bertz CT molecular complexity index is 375. The van der Waals surface area contributed by atoms with Gasteiger partial charge in [-0.25, -0.2) is 4.21 Å². The summed E-state index contributed by atoms with van der Waals surface area (Å²) in [6, 6.07) is 3.79. The Balaban J connectivity index is 3.15. The smallest absolute Gasteiger partial charge is 0.399 e. The van der Waals surface area contributed by atoms with Crippen molar-refractivity contribution in [3.63, 3.8) is 0 Å². The van der Waals surface area contributed by atoms with Crippen LogP contribution in [0.1, 0.15) is 5.56 Å². The Morgan fingerprint density at radius 1 is 1.36 bits per heavy atom. The summed E-state index contributed by atoms with van der Waals surface area (Å²) in [6.07, 6.45) is 0. The molecule has 0 aromatic heterocycles. The zero-order chi connectivity index (χ0) is 10.9. The third-order valence-corrected chi connectivity index (χ3v) is 2.89. The molecule has 0 saturated carbocycles. The molecular weight excluding hydrogens is 215 g/mol. The van der Waals surface area contributed by atoms with Gasteiger partial charge in [0.1, 0.15) is 0 Å². The highest BCUT2D eigenvalue weighted by Crippen LogP contribution is 2.28. The van der Waals surface area contributed by atoms with Gasteiger partial charge in [-0.1, -0.05) is 0 Å². The minimum atomic E-state index is -4.72. The molecule has 1 aromatic carbocycles. The molecule has 2 nitrogen and oxygen atoms in total. The van der Waals surface area contributed by atoms with Crippen LogP contribution in [0.15, 0.2) is 23.1 Å². The number of benzene rings is 1. The Labute approximate surface area is 81.4 Å². The lowest BCUT2D eigenvalue weighted by Crippen LogP contribution is -2.17. The Morgan fingerprint density at radius 2 is 1.93 bits per heavy atom. The summed E-state index contributed by atoms with van der Waals surface area (Å²) in [6.45, 7) is 1.44. The maximum absolute atomic E-state index is 12.1. The summed E-state index contributed by atoms with van der Waals surface area (Å²) < 4.78 is 47.2. The van der Waals surface area contributed by atoms with Gasteiger partial charge in [0.25, 0.3) is 0 Å². The number of rotatable bonds is 1. The molecule has 0 aliphatic rings. The van der Waals surface area contributed by atoms with Gasteiger partial charge >= 0.3 is 5.51 Å². The fraction of sp³-hybridized carbons (Fsp3) is 0.250. The zero-order valence-electron chi connectivity index (χ0n) is 7.26. The van der Waals surface area contributed by atoms with Crippen molar-refractivity contribution in [2.45, 2.75) is 17.3 Å². The molecular formula is C8H8F3NOS. The van der Waals surface area contributed by atoms with Crippen molar-refractivity contribution in [3.8, 4) is 0 Å². The molecule has 0 fully saturated rings. The molecule has 0 bridgehead atoms. The Morgan fingerprint density at radius 3 is 2.36 bits per heavy atom. The van der Waals surface area contributed by atoms with Crippen molar-refractivity contribution in [3.05, 3.63) is 23.8 Å². The molecule has 0 amide bonds. The van der Waals surface area contributed by atoms with Crippen molar-refractivity contribution < 1.29 is 17.4 Å². The number of anilines is 1. The monoisotopic (exact) mass is 223 g/mol. The standard InChI is InChI=1S/C8H8F3NOS/c1-5-4-6(12)2-3-7(5)14(13)8(9,10)11/h2-4H,12H2,1H3. The van der Waals surface area contributed by atoms with E-state index in [1.807, 2.05) is 0 Å². The van der Waals surface area contributed by atoms with Crippen LogP contribution in [0, 0.1) is 6.92 Å². The second-order valence-electron chi connectivity index (χ2n) is 2.74. The van der Waals surface area contributed by atoms with Gasteiger partial charge in [-0.15, -0.1) is 0 Å². The van der Waals surface area contributed by atoms with E-state index < -0.39 is 16.3 Å². The average molecular weight is 223 g/mol. The SMILES string of the molecule is Cc1cc(N)ccc1S(=O)C(F)(F)F. The summed E-state index contributed by atoms with van der Waals surface area (Å²) in [5, 5.41) is 0. The zero-order valence-corrected chi connectivity index (χ0v) is 8.08. The van der Waals surface area contributed by atoms with E-state index in [0.717, 1.165) is 6.07 Å². The van der Waals surface area contributed by atoms with Gasteiger partial charge in [0, 0.05) is 5.69 Å². The molecule has 1 rings (SSSR count). The number of hydrogen-bond acceptors (Lipinski definition) is 2. The molecule has 1 atom stereocenters. The molecule has 1 unspecified atom stereocenters. The number of nitrogen functional groups attached to an aromatic ring is 1. The van der Waals surface area contributed by atoms with Crippen LogP contribution in [-0.2, 0) is 10.8 Å². The molecule has 0 aliphatic heterocycles. The van der Waals surface area contributed by atoms with E-state index in [1.54, 1.807) is 0 Å². The third-order valence-electron chi connectivity index (χ3n) is 1.61. The largest absolute Gasteiger partial charge is 0.475 e.